The van der Waals surface area contributed by atoms with Gasteiger partial charge in [0, 0.05) is 45.9 Å². The van der Waals surface area contributed by atoms with E-state index in [-0.39, 0.29) is 42.1 Å². The Kier molecular flexibility index (Phi) is 6.76. The minimum absolute atomic E-state index is 0.0934. The largest absolute Gasteiger partial charge is 0.373 e. The van der Waals surface area contributed by atoms with Crippen LogP contribution in [0.25, 0.3) is 0 Å². The van der Waals surface area contributed by atoms with Crippen LogP contribution in [0.3, 0.4) is 0 Å². The summed E-state index contributed by atoms with van der Waals surface area (Å²) in [5, 5.41) is 0. The zero-order valence-electron chi connectivity index (χ0n) is 17.2. The number of morpholine rings is 1. The summed E-state index contributed by atoms with van der Waals surface area (Å²) >= 11 is 0. The van der Waals surface area contributed by atoms with Crippen molar-refractivity contribution in [2.75, 3.05) is 45.9 Å². The number of amides is 2. The van der Waals surface area contributed by atoms with Gasteiger partial charge in [-0.3, -0.25) is 14.5 Å². The molecule has 0 saturated carbocycles. The molecule has 3 fully saturated rings. The zero-order valence-corrected chi connectivity index (χ0v) is 17.2. The third-order valence-corrected chi connectivity index (χ3v) is 5.83. The number of carbonyl (C=O) groups excluding carboxylic acids is 2. The first kappa shape index (κ1) is 20.6. The van der Waals surface area contributed by atoms with Crippen LogP contribution in [0, 0.1) is 5.92 Å². The van der Waals surface area contributed by atoms with Gasteiger partial charge >= 0.3 is 0 Å². The van der Waals surface area contributed by atoms with Gasteiger partial charge in [0.05, 0.1) is 18.2 Å². The molecule has 0 aromatic rings. The molecule has 0 aromatic heterocycles. The molecule has 3 rings (SSSR count). The van der Waals surface area contributed by atoms with Gasteiger partial charge in [0.15, 0.2) is 0 Å². The van der Waals surface area contributed by atoms with E-state index in [2.05, 4.69) is 32.6 Å². The molecule has 2 amide bonds. The zero-order chi connectivity index (χ0) is 19.6. The van der Waals surface area contributed by atoms with Gasteiger partial charge in [0.25, 0.3) is 5.91 Å². The lowest BCUT2D eigenvalue weighted by atomic mass is 9.98. The Morgan fingerprint density at radius 3 is 2.07 bits per heavy atom. The van der Waals surface area contributed by atoms with Gasteiger partial charge < -0.3 is 19.3 Å². The minimum Gasteiger partial charge on any atom is -0.373 e. The highest BCUT2D eigenvalue weighted by atomic mass is 16.5. The van der Waals surface area contributed by atoms with Gasteiger partial charge in [-0.25, -0.2) is 0 Å². The van der Waals surface area contributed by atoms with Gasteiger partial charge in [-0.05, 0) is 32.6 Å². The Morgan fingerprint density at radius 2 is 1.56 bits per heavy atom. The predicted octanol–water partition coefficient (Wildman–Crippen LogP) is 0.970. The topological polar surface area (TPSA) is 62.3 Å². The second kappa shape index (κ2) is 8.88. The molecule has 7 heteroatoms. The van der Waals surface area contributed by atoms with Gasteiger partial charge in [-0.2, -0.15) is 0 Å². The van der Waals surface area contributed by atoms with Gasteiger partial charge in [0.1, 0.15) is 6.10 Å². The number of nitrogens with zero attached hydrogens (tertiary/aromatic N) is 3. The highest BCUT2D eigenvalue weighted by Crippen LogP contribution is 2.22. The molecule has 3 aliphatic rings. The van der Waals surface area contributed by atoms with Gasteiger partial charge in [-0.1, -0.05) is 13.8 Å². The van der Waals surface area contributed by atoms with Crippen molar-refractivity contribution in [2.45, 2.75) is 64.9 Å². The van der Waals surface area contributed by atoms with Crippen molar-refractivity contribution < 1.29 is 19.1 Å². The van der Waals surface area contributed by atoms with Crippen LogP contribution in [0.2, 0.25) is 0 Å². The predicted molar refractivity (Wildman–Crippen MR) is 102 cm³/mol. The molecule has 0 aromatic carbocycles. The van der Waals surface area contributed by atoms with E-state index in [4.69, 9.17) is 9.47 Å². The molecule has 0 radical (unpaired) electrons. The summed E-state index contributed by atoms with van der Waals surface area (Å²) in [6, 6.07) is -0.126. The van der Waals surface area contributed by atoms with E-state index in [9.17, 15) is 9.59 Å². The summed E-state index contributed by atoms with van der Waals surface area (Å²) in [5.41, 5.74) is 0. The van der Waals surface area contributed by atoms with Crippen molar-refractivity contribution in [1.29, 1.82) is 0 Å². The SMILES string of the molecule is CC1CN(C(C(=O)N2CCN(C(=O)C3CCCO3)CC2)C(C)C)CC(C)O1. The number of piperazine rings is 1. The first-order valence-corrected chi connectivity index (χ1v) is 10.5. The Balaban J connectivity index is 1.58. The van der Waals surface area contributed by atoms with Crippen LogP contribution in [0.5, 0.6) is 0 Å². The van der Waals surface area contributed by atoms with E-state index >= 15 is 0 Å². The Bertz CT molecular complexity index is 517. The highest BCUT2D eigenvalue weighted by molar-refractivity contribution is 5.84. The van der Waals surface area contributed by atoms with Crippen molar-refractivity contribution in [2.24, 2.45) is 5.92 Å². The average Bonchev–Trinajstić information content (AvgIpc) is 3.15. The molecule has 7 nitrogen and oxygen atoms in total. The lowest BCUT2D eigenvalue weighted by molar-refractivity contribution is -0.152. The number of hydrogen-bond donors (Lipinski definition) is 0. The molecule has 0 bridgehead atoms. The van der Waals surface area contributed by atoms with Crippen LogP contribution in [-0.4, -0.2) is 96.7 Å². The molecular formula is C20H35N3O4. The van der Waals surface area contributed by atoms with E-state index in [1.54, 1.807) is 0 Å². The lowest BCUT2D eigenvalue weighted by Crippen LogP contribution is -2.60. The van der Waals surface area contributed by atoms with Gasteiger partial charge in [-0.15, -0.1) is 0 Å². The summed E-state index contributed by atoms with van der Waals surface area (Å²) < 4.78 is 11.4. The first-order chi connectivity index (χ1) is 12.9. The monoisotopic (exact) mass is 381 g/mol. The standard InChI is InChI=1S/C20H35N3O4/c1-14(2)18(23-12-15(3)27-16(4)13-23)20(25)22-9-7-21(8-10-22)19(24)17-6-5-11-26-17/h14-18H,5-13H2,1-4H3. The fourth-order valence-electron chi connectivity index (χ4n) is 4.62. The second-order valence-electron chi connectivity index (χ2n) is 8.55. The summed E-state index contributed by atoms with van der Waals surface area (Å²) in [7, 11) is 0. The van der Waals surface area contributed by atoms with Crippen molar-refractivity contribution >= 4 is 11.8 Å². The Labute approximate surface area is 162 Å². The number of ether oxygens (including phenoxy) is 2. The van der Waals surface area contributed by atoms with E-state index in [0.717, 1.165) is 25.9 Å². The van der Waals surface area contributed by atoms with Gasteiger partial charge in [0.2, 0.25) is 5.91 Å². The maximum atomic E-state index is 13.3. The third-order valence-electron chi connectivity index (χ3n) is 5.83. The van der Waals surface area contributed by atoms with E-state index < -0.39 is 0 Å². The fourth-order valence-corrected chi connectivity index (χ4v) is 4.62. The van der Waals surface area contributed by atoms with Crippen molar-refractivity contribution in [3.05, 3.63) is 0 Å². The maximum Gasteiger partial charge on any atom is 0.251 e. The van der Waals surface area contributed by atoms with Crippen molar-refractivity contribution in [1.82, 2.24) is 14.7 Å². The second-order valence-corrected chi connectivity index (χ2v) is 8.55. The van der Waals surface area contributed by atoms with Crippen molar-refractivity contribution in [3.8, 4) is 0 Å². The molecule has 27 heavy (non-hydrogen) atoms. The van der Waals surface area contributed by atoms with Crippen LogP contribution in [0.4, 0.5) is 0 Å². The highest BCUT2D eigenvalue weighted by Gasteiger charge is 2.38. The molecule has 4 unspecified atom stereocenters. The summed E-state index contributed by atoms with van der Waals surface area (Å²) in [4.78, 5) is 31.9. The first-order valence-electron chi connectivity index (χ1n) is 10.5. The Hall–Kier alpha value is -1.18. The Morgan fingerprint density at radius 1 is 0.963 bits per heavy atom. The molecule has 0 aliphatic carbocycles. The maximum absolute atomic E-state index is 13.3. The molecule has 4 atom stereocenters. The fraction of sp³-hybridized carbons (Fsp3) is 0.900. The summed E-state index contributed by atoms with van der Waals surface area (Å²) in [6.45, 7) is 13.0. The van der Waals surface area contributed by atoms with Crippen LogP contribution < -0.4 is 0 Å². The number of hydrogen-bond acceptors (Lipinski definition) is 5. The van der Waals surface area contributed by atoms with Crippen LogP contribution in [0.1, 0.15) is 40.5 Å². The molecule has 154 valence electrons. The third kappa shape index (κ3) is 4.81. The molecule has 3 aliphatic heterocycles. The average molecular weight is 382 g/mol. The molecular weight excluding hydrogens is 346 g/mol. The number of carbonyl (C=O) groups is 2. The summed E-state index contributed by atoms with van der Waals surface area (Å²) in [6.07, 6.45) is 1.79. The normalized spacial score (nSPS) is 31.4. The smallest absolute Gasteiger partial charge is 0.251 e. The quantitative estimate of drug-likeness (QED) is 0.726. The van der Waals surface area contributed by atoms with Crippen LogP contribution in [-0.2, 0) is 19.1 Å². The van der Waals surface area contributed by atoms with E-state index in [0.29, 0.717) is 32.8 Å². The molecule has 0 N–H and O–H groups in total. The van der Waals surface area contributed by atoms with E-state index in [1.807, 2.05) is 9.80 Å². The van der Waals surface area contributed by atoms with Crippen LogP contribution >= 0.6 is 0 Å². The minimum atomic E-state index is -0.271. The molecule has 3 heterocycles. The lowest BCUT2D eigenvalue weighted by Gasteiger charge is -2.44. The number of rotatable bonds is 4. The molecule has 3 saturated heterocycles. The van der Waals surface area contributed by atoms with Crippen molar-refractivity contribution in [3.63, 3.8) is 0 Å². The summed E-state index contributed by atoms with van der Waals surface area (Å²) in [5.74, 6) is 0.521. The van der Waals surface area contributed by atoms with Crippen LogP contribution in [0.15, 0.2) is 0 Å². The molecule has 0 spiro atoms. The van der Waals surface area contributed by atoms with E-state index in [1.165, 1.54) is 0 Å².